The highest BCUT2D eigenvalue weighted by Gasteiger charge is 2.56. The predicted molar refractivity (Wildman–Crippen MR) is 96.6 cm³/mol. The second kappa shape index (κ2) is 6.18. The molecule has 2 nitrogen and oxygen atoms in total. The van der Waals surface area contributed by atoms with Crippen LogP contribution in [0.1, 0.15) is 77.6 Å². The molecule has 0 radical (unpaired) electrons. The van der Waals surface area contributed by atoms with Gasteiger partial charge in [-0.25, -0.2) is 4.79 Å². The summed E-state index contributed by atoms with van der Waals surface area (Å²) in [5, 5.41) is 9.24. The van der Waals surface area contributed by atoms with Crippen molar-refractivity contribution >= 4 is 5.97 Å². The first-order valence-corrected chi connectivity index (χ1v) is 10.4. The molecule has 4 saturated carbocycles. The third-order valence-electron chi connectivity index (χ3n) is 8.87. The maximum atomic E-state index is 11.2. The number of carboxylic acids is 1. The van der Waals surface area contributed by atoms with E-state index in [1.807, 2.05) is 0 Å². The Kier molecular flexibility index (Phi) is 4.29. The normalized spacial score (nSPS) is 47.4. The van der Waals surface area contributed by atoms with Crippen molar-refractivity contribution < 1.29 is 9.90 Å². The van der Waals surface area contributed by atoms with Crippen LogP contribution in [0.25, 0.3) is 0 Å². The van der Waals surface area contributed by atoms with E-state index in [0.717, 1.165) is 29.6 Å². The molecule has 0 aromatic rings. The van der Waals surface area contributed by atoms with Gasteiger partial charge in [0.2, 0.25) is 0 Å². The van der Waals surface area contributed by atoms with E-state index >= 15 is 0 Å². The van der Waals surface area contributed by atoms with Gasteiger partial charge in [0.1, 0.15) is 0 Å². The van der Waals surface area contributed by atoms with Gasteiger partial charge in [-0.1, -0.05) is 32.8 Å². The average molecular weight is 331 g/mol. The predicted octanol–water partition coefficient (Wildman–Crippen LogP) is 5.68. The first-order valence-electron chi connectivity index (χ1n) is 10.4. The smallest absolute Gasteiger partial charge is 0.330 e. The summed E-state index contributed by atoms with van der Waals surface area (Å²) in [7, 11) is 0. The zero-order valence-corrected chi connectivity index (χ0v) is 15.3. The minimum atomic E-state index is -0.793. The highest BCUT2D eigenvalue weighted by atomic mass is 16.4. The van der Waals surface area contributed by atoms with E-state index in [1.54, 1.807) is 0 Å². The molecule has 0 aliphatic heterocycles. The third-order valence-corrected chi connectivity index (χ3v) is 8.87. The second-order valence-electron chi connectivity index (χ2n) is 9.65. The molecule has 0 aromatic carbocycles. The van der Waals surface area contributed by atoms with Crippen LogP contribution in [-0.4, -0.2) is 11.1 Å². The summed E-state index contributed by atoms with van der Waals surface area (Å²) in [5.74, 6) is 4.60. The Morgan fingerprint density at radius 1 is 1.00 bits per heavy atom. The van der Waals surface area contributed by atoms with Crippen molar-refractivity contribution in [1.29, 1.82) is 0 Å². The third kappa shape index (κ3) is 2.56. The van der Waals surface area contributed by atoms with Crippen LogP contribution >= 0.6 is 0 Å². The molecule has 4 aliphatic rings. The Morgan fingerprint density at radius 2 is 1.79 bits per heavy atom. The average Bonchev–Trinajstić information content (AvgIpc) is 2.91. The number of carboxylic acid groups (broad SMARTS) is 1. The van der Waals surface area contributed by atoms with Crippen LogP contribution in [0.3, 0.4) is 0 Å². The van der Waals surface area contributed by atoms with Crippen LogP contribution in [0.2, 0.25) is 0 Å². The van der Waals surface area contributed by atoms with Gasteiger partial charge in [0, 0.05) is 5.57 Å². The largest absolute Gasteiger partial charge is 0.478 e. The Labute approximate surface area is 147 Å². The van der Waals surface area contributed by atoms with E-state index in [-0.39, 0.29) is 0 Å². The van der Waals surface area contributed by atoms with E-state index in [2.05, 4.69) is 13.5 Å². The van der Waals surface area contributed by atoms with Gasteiger partial charge in [-0.15, -0.1) is 0 Å². The molecule has 4 aliphatic carbocycles. The van der Waals surface area contributed by atoms with Crippen LogP contribution in [0.4, 0.5) is 0 Å². The van der Waals surface area contributed by atoms with Crippen LogP contribution in [0.15, 0.2) is 12.2 Å². The summed E-state index contributed by atoms with van der Waals surface area (Å²) in [6, 6.07) is 0. The van der Waals surface area contributed by atoms with Gasteiger partial charge in [-0.3, -0.25) is 0 Å². The van der Waals surface area contributed by atoms with Gasteiger partial charge in [0.15, 0.2) is 0 Å². The van der Waals surface area contributed by atoms with Crippen LogP contribution < -0.4 is 0 Å². The minimum Gasteiger partial charge on any atom is -0.478 e. The highest BCUT2D eigenvalue weighted by Crippen LogP contribution is 2.64. The lowest BCUT2D eigenvalue weighted by molar-refractivity contribution is -0.133. The molecule has 0 amide bonds. The van der Waals surface area contributed by atoms with Crippen molar-refractivity contribution in [3.05, 3.63) is 12.2 Å². The maximum Gasteiger partial charge on any atom is 0.330 e. The Balaban J connectivity index is 1.51. The Hall–Kier alpha value is -0.790. The van der Waals surface area contributed by atoms with E-state index < -0.39 is 5.97 Å². The van der Waals surface area contributed by atoms with Crippen molar-refractivity contribution in [2.45, 2.75) is 77.6 Å². The van der Waals surface area contributed by atoms with E-state index in [4.69, 9.17) is 0 Å². The number of hydrogen-bond donors (Lipinski definition) is 1. The van der Waals surface area contributed by atoms with Gasteiger partial charge >= 0.3 is 5.97 Å². The molecule has 0 aromatic heterocycles. The minimum absolute atomic E-state index is 0.376. The topological polar surface area (TPSA) is 37.3 Å². The molecule has 7 atom stereocenters. The lowest BCUT2D eigenvalue weighted by Crippen LogP contribution is -2.48. The fraction of sp³-hybridized carbons (Fsp3) is 0.864. The number of fused-ring (bicyclic) bond motifs is 5. The highest BCUT2D eigenvalue weighted by molar-refractivity contribution is 5.85. The molecular weight excluding hydrogens is 296 g/mol. The number of aliphatic carboxylic acids is 1. The molecule has 134 valence electrons. The van der Waals surface area contributed by atoms with E-state index in [0.29, 0.717) is 23.3 Å². The second-order valence-corrected chi connectivity index (χ2v) is 9.65. The standard InChI is InChI=1S/C22H34O2/c1-14(21(23)24)13-16-8-10-20-19-9-7-15-5-3-4-6-17(15)18(19)11-12-22(16,20)2/h15-20H,1,3-13H2,2H3,(H,23,24). The van der Waals surface area contributed by atoms with Gasteiger partial charge in [-0.2, -0.15) is 0 Å². The molecular formula is C22H34O2. The molecule has 24 heavy (non-hydrogen) atoms. The van der Waals surface area contributed by atoms with Crippen LogP contribution in [0.5, 0.6) is 0 Å². The Morgan fingerprint density at radius 3 is 2.58 bits per heavy atom. The fourth-order valence-electron chi connectivity index (χ4n) is 7.66. The molecule has 1 N–H and O–H groups in total. The van der Waals surface area contributed by atoms with Crippen molar-refractivity contribution in [3.8, 4) is 0 Å². The van der Waals surface area contributed by atoms with Gasteiger partial charge < -0.3 is 5.11 Å². The fourth-order valence-corrected chi connectivity index (χ4v) is 7.66. The molecule has 7 unspecified atom stereocenters. The summed E-state index contributed by atoms with van der Waals surface area (Å²) < 4.78 is 0. The SMILES string of the molecule is C=C(CC1CCC2C3CCC4CCCCC4C3CCC12C)C(=O)O. The van der Waals surface area contributed by atoms with Crippen LogP contribution in [0, 0.1) is 40.9 Å². The van der Waals surface area contributed by atoms with Gasteiger partial charge in [-0.05, 0) is 92.3 Å². The lowest BCUT2D eigenvalue weighted by atomic mass is 9.49. The summed E-state index contributed by atoms with van der Waals surface area (Å²) in [5.41, 5.74) is 0.807. The summed E-state index contributed by atoms with van der Waals surface area (Å²) in [4.78, 5) is 11.2. The summed E-state index contributed by atoms with van der Waals surface area (Å²) >= 11 is 0. The molecule has 0 spiro atoms. The number of carbonyl (C=O) groups is 1. The van der Waals surface area contributed by atoms with Crippen molar-refractivity contribution in [2.75, 3.05) is 0 Å². The van der Waals surface area contributed by atoms with E-state index in [9.17, 15) is 9.90 Å². The lowest BCUT2D eigenvalue weighted by Gasteiger charge is -2.56. The summed E-state index contributed by atoms with van der Waals surface area (Å²) in [6.45, 7) is 6.32. The van der Waals surface area contributed by atoms with Gasteiger partial charge in [0.05, 0.1) is 0 Å². The number of hydrogen-bond acceptors (Lipinski definition) is 1. The first-order chi connectivity index (χ1) is 11.5. The van der Waals surface area contributed by atoms with Crippen molar-refractivity contribution in [2.24, 2.45) is 40.9 Å². The number of rotatable bonds is 3. The van der Waals surface area contributed by atoms with Crippen molar-refractivity contribution in [3.63, 3.8) is 0 Å². The van der Waals surface area contributed by atoms with Gasteiger partial charge in [0.25, 0.3) is 0 Å². The van der Waals surface area contributed by atoms with Crippen molar-refractivity contribution in [1.82, 2.24) is 0 Å². The molecule has 0 saturated heterocycles. The molecule has 4 fully saturated rings. The monoisotopic (exact) mass is 330 g/mol. The zero-order valence-electron chi connectivity index (χ0n) is 15.3. The molecule has 0 heterocycles. The quantitative estimate of drug-likeness (QED) is 0.676. The molecule has 2 heteroatoms. The van der Waals surface area contributed by atoms with Crippen LogP contribution in [-0.2, 0) is 4.79 Å². The Bertz CT molecular complexity index is 524. The zero-order chi connectivity index (χ0) is 16.9. The first kappa shape index (κ1) is 16.7. The molecule has 4 rings (SSSR count). The molecule has 0 bridgehead atoms. The van der Waals surface area contributed by atoms with E-state index in [1.165, 1.54) is 64.2 Å². The summed E-state index contributed by atoms with van der Waals surface area (Å²) in [6.07, 6.45) is 14.9. The maximum absolute atomic E-state index is 11.2.